The van der Waals surface area contributed by atoms with Crippen molar-refractivity contribution >= 4 is 0 Å². The Morgan fingerprint density at radius 3 is 3.13 bits per heavy atom. The van der Waals surface area contributed by atoms with Crippen LogP contribution in [0.3, 0.4) is 0 Å². The number of hydrogen-bond donors (Lipinski definition) is 2. The molecule has 7 heteroatoms. The Kier molecular flexibility index (Phi) is 3.80. The van der Waals surface area contributed by atoms with Gasteiger partial charge in [-0.2, -0.15) is 10.2 Å². The SMILES string of the molecule is [2H]C([2H])([2H])C([2H])(Oc1ccc(-c2nc(-c3cccc4c3CC[C@@H]4NCCO)no2)cc1C#N)C([2H])([2H])[2H]. The maximum absolute atomic E-state index is 9.61. The highest BCUT2D eigenvalue weighted by atomic mass is 16.5. The van der Waals surface area contributed by atoms with Gasteiger partial charge in [0.1, 0.15) is 11.8 Å². The van der Waals surface area contributed by atoms with Crippen LogP contribution in [0.4, 0.5) is 0 Å². The third-order valence-corrected chi connectivity index (χ3v) is 5.00. The second-order valence-electron chi connectivity index (χ2n) is 6.82. The summed E-state index contributed by atoms with van der Waals surface area (Å²) in [5.74, 6) is 0.0754. The van der Waals surface area contributed by atoms with E-state index in [0.717, 1.165) is 29.5 Å². The van der Waals surface area contributed by atoms with Gasteiger partial charge < -0.3 is 19.7 Å². The molecule has 0 radical (unpaired) electrons. The minimum absolute atomic E-state index is 0.0451. The molecule has 30 heavy (non-hydrogen) atoms. The number of ether oxygens (including phenoxy) is 1. The fourth-order valence-electron chi connectivity index (χ4n) is 3.71. The number of nitriles is 1. The molecule has 0 unspecified atom stereocenters. The summed E-state index contributed by atoms with van der Waals surface area (Å²) in [6, 6.07) is 11.7. The standard InChI is InChI=1S/C23H24N4O3/c1-14(2)29-21-9-6-15(12-16(21)13-24)23-26-22(27-30-23)19-5-3-4-18-17(19)7-8-20(18)25-10-11-28/h3-6,9,12,14,20,25,28H,7-8,10-11H2,1-2H3/t20-/m0/s1/i1D3,2D3,14D. The molecule has 4 rings (SSSR count). The van der Waals surface area contributed by atoms with Crippen molar-refractivity contribution in [2.24, 2.45) is 0 Å². The van der Waals surface area contributed by atoms with E-state index in [-0.39, 0.29) is 29.9 Å². The molecule has 1 atom stereocenters. The van der Waals surface area contributed by atoms with E-state index in [0.29, 0.717) is 17.9 Å². The van der Waals surface area contributed by atoms with Gasteiger partial charge in [-0.3, -0.25) is 0 Å². The van der Waals surface area contributed by atoms with Gasteiger partial charge in [0.05, 0.1) is 19.6 Å². The van der Waals surface area contributed by atoms with Gasteiger partial charge in [-0.05, 0) is 55.9 Å². The molecule has 1 aromatic heterocycles. The molecule has 2 aromatic carbocycles. The lowest BCUT2D eigenvalue weighted by molar-refractivity contribution is 0.241. The molecule has 2 N–H and O–H groups in total. The summed E-state index contributed by atoms with van der Waals surface area (Å²) in [6.07, 6.45) is -1.61. The van der Waals surface area contributed by atoms with Crippen molar-refractivity contribution in [1.29, 1.82) is 5.26 Å². The summed E-state index contributed by atoms with van der Waals surface area (Å²) in [6.45, 7) is -6.09. The summed E-state index contributed by atoms with van der Waals surface area (Å²) >= 11 is 0. The normalized spacial score (nSPS) is 19.9. The second kappa shape index (κ2) is 8.66. The molecule has 0 saturated carbocycles. The quantitative estimate of drug-likeness (QED) is 0.612. The molecule has 7 nitrogen and oxygen atoms in total. The molecule has 1 heterocycles. The Morgan fingerprint density at radius 2 is 2.33 bits per heavy atom. The van der Waals surface area contributed by atoms with Crippen LogP contribution in [0.1, 0.15) is 52.5 Å². The van der Waals surface area contributed by atoms with Gasteiger partial charge >= 0.3 is 0 Å². The van der Waals surface area contributed by atoms with E-state index in [9.17, 15) is 5.26 Å². The van der Waals surface area contributed by atoms with Gasteiger partial charge in [0.25, 0.3) is 5.89 Å². The summed E-state index contributed by atoms with van der Waals surface area (Å²) in [5, 5.41) is 26.1. The Balaban J connectivity index is 1.64. The zero-order valence-electron chi connectivity index (χ0n) is 23.0. The Labute approximate surface area is 185 Å². The Hall–Kier alpha value is -3.21. The number of aliphatic hydroxyl groups is 1. The van der Waals surface area contributed by atoms with Crippen LogP contribution in [0.15, 0.2) is 40.9 Å². The average Bonchev–Trinajstić information content (AvgIpc) is 3.49. The monoisotopic (exact) mass is 411 g/mol. The molecule has 0 bridgehead atoms. The highest BCUT2D eigenvalue weighted by Crippen LogP contribution is 2.37. The lowest BCUT2D eigenvalue weighted by atomic mass is 10.0. The highest BCUT2D eigenvalue weighted by molar-refractivity contribution is 5.67. The lowest BCUT2D eigenvalue weighted by Gasteiger charge is -2.13. The summed E-state index contributed by atoms with van der Waals surface area (Å²) in [7, 11) is 0. The molecular formula is C23H24N4O3. The first-order chi connectivity index (χ1) is 17.4. The van der Waals surface area contributed by atoms with Crippen molar-refractivity contribution in [3.05, 3.63) is 53.1 Å². The van der Waals surface area contributed by atoms with Crippen molar-refractivity contribution < 1.29 is 24.0 Å². The highest BCUT2D eigenvalue weighted by Gasteiger charge is 2.26. The number of benzene rings is 2. The van der Waals surface area contributed by atoms with Crippen LogP contribution in [0.2, 0.25) is 0 Å². The molecule has 0 aliphatic heterocycles. The molecule has 1 aliphatic rings. The number of aliphatic hydroxyl groups excluding tert-OH is 1. The van der Waals surface area contributed by atoms with Gasteiger partial charge in [-0.1, -0.05) is 23.4 Å². The predicted octanol–water partition coefficient (Wildman–Crippen LogP) is 3.63. The number of hydrogen-bond acceptors (Lipinski definition) is 7. The molecule has 154 valence electrons. The van der Waals surface area contributed by atoms with Crippen molar-refractivity contribution in [3.63, 3.8) is 0 Å². The van der Waals surface area contributed by atoms with Crippen LogP contribution in [-0.4, -0.2) is 34.5 Å². The van der Waals surface area contributed by atoms with Crippen LogP contribution in [0.5, 0.6) is 5.75 Å². The van der Waals surface area contributed by atoms with Gasteiger partial charge in [-0.25, -0.2) is 0 Å². The summed E-state index contributed by atoms with van der Waals surface area (Å²) in [5.41, 5.74) is 3.12. The second-order valence-corrected chi connectivity index (χ2v) is 6.82. The van der Waals surface area contributed by atoms with Gasteiger partial charge in [0, 0.05) is 31.9 Å². The van der Waals surface area contributed by atoms with E-state index in [1.807, 2.05) is 24.3 Å². The topological polar surface area (TPSA) is 104 Å². The molecule has 1 aliphatic carbocycles. The predicted molar refractivity (Wildman–Crippen MR) is 112 cm³/mol. The number of rotatable bonds is 7. The first kappa shape index (κ1) is 13.2. The Morgan fingerprint density at radius 1 is 1.43 bits per heavy atom. The van der Waals surface area contributed by atoms with Crippen molar-refractivity contribution in [3.8, 4) is 34.7 Å². The maximum Gasteiger partial charge on any atom is 0.258 e. The smallest absolute Gasteiger partial charge is 0.258 e. The number of fused-ring (bicyclic) bond motifs is 1. The fraction of sp³-hybridized carbons (Fsp3) is 0.348. The number of nitrogens with one attached hydrogen (secondary N) is 1. The van der Waals surface area contributed by atoms with Crippen LogP contribution in [0.25, 0.3) is 22.8 Å². The van der Waals surface area contributed by atoms with E-state index in [4.69, 9.17) is 24.0 Å². The van der Waals surface area contributed by atoms with Gasteiger partial charge in [0.2, 0.25) is 5.82 Å². The molecular weight excluding hydrogens is 380 g/mol. The van der Waals surface area contributed by atoms with E-state index < -0.39 is 19.8 Å². The third kappa shape index (κ3) is 3.92. The molecule has 0 saturated heterocycles. The van der Waals surface area contributed by atoms with E-state index in [2.05, 4.69) is 15.5 Å². The van der Waals surface area contributed by atoms with Crippen LogP contribution >= 0.6 is 0 Å². The molecule has 0 spiro atoms. The van der Waals surface area contributed by atoms with E-state index in [1.54, 1.807) is 0 Å². The first-order valence-corrected chi connectivity index (χ1v) is 9.43. The molecule has 0 amide bonds. The average molecular weight is 412 g/mol. The van der Waals surface area contributed by atoms with Crippen molar-refractivity contribution in [2.75, 3.05) is 13.2 Å². The van der Waals surface area contributed by atoms with Gasteiger partial charge in [0.15, 0.2) is 0 Å². The van der Waals surface area contributed by atoms with E-state index in [1.165, 1.54) is 18.2 Å². The Bertz CT molecular complexity index is 1320. The van der Waals surface area contributed by atoms with E-state index >= 15 is 0 Å². The summed E-state index contributed by atoms with van der Waals surface area (Å²) in [4.78, 5) is 4.47. The number of aromatic nitrogens is 2. The van der Waals surface area contributed by atoms with Crippen LogP contribution in [0, 0.1) is 11.3 Å². The van der Waals surface area contributed by atoms with Crippen molar-refractivity contribution in [2.45, 2.75) is 38.7 Å². The lowest BCUT2D eigenvalue weighted by Crippen LogP contribution is -2.22. The maximum atomic E-state index is 9.61. The first-order valence-electron chi connectivity index (χ1n) is 12.9. The number of nitrogens with zero attached hydrogens (tertiary/aromatic N) is 3. The minimum atomic E-state index is -3.31. The fourth-order valence-corrected chi connectivity index (χ4v) is 3.71. The zero-order chi connectivity index (χ0) is 27.0. The third-order valence-electron chi connectivity index (χ3n) is 5.00. The zero-order valence-corrected chi connectivity index (χ0v) is 16.0. The van der Waals surface area contributed by atoms with Crippen LogP contribution < -0.4 is 10.1 Å². The van der Waals surface area contributed by atoms with Crippen LogP contribution in [-0.2, 0) is 6.42 Å². The largest absolute Gasteiger partial charge is 0.490 e. The molecule has 0 fully saturated rings. The van der Waals surface area contributed by atoms with Crippen molar-refractivity contribution in [1.82, 2.24) is 15.5 Å². The van der Waals surface area contributed by atoms with Gasteiger partial charge in [-0.15, -0.1) is 0 Å². The minimum Gasteiger partial charge on any atom is -0.490 e. The summed E-state index contributed by atoms with van der Waals surface area (Å²) < 4.78 is 63.7. The molecule has 3 aromatic rings.